The molecule has 1 aliphatic rings. The number of carboxylic acid groups (broad SMARTS) is 1. The van der Waals surface area contributed by atoms with Crippen LogP contribution in [0.25, 0.3) is 0 Å². The third kappa shape index (κ3) is 5.53. The molecule has 0 spiro atoms. The monoisotopic (exact) mass is 386 g/mol. The second kappa shape index (κ2) is 9.32. The number of urea groups is 1. The van der Waals surface area contributed by atoms with Crippen molar-refractivity contribution >= 4 is 12.0 Å². The van der Waals surface area contributed by atoms with E-state index in [1.54, 1.807) is 29.2 Å². The normalized spacial score (nSPS) is 16.0. The van der Waals surface area contributed by atoms with Crippen LogP contribution in [0, 0.1) is 5.82 Å². The van der Waals surface area contributed by atoms with Gasteiger partial charge in [-0.3, -0.25) is 0 Å². The minimum Gasteiger partial charge on any atom is -0.478 e. The summed E-state index contributed by atoms with van der Waals surface area (Å²) in [7, 11) is 0. The van der Waals surface area contributed by atoms with E-state index in [9.17, 15) is 14.0 Å². The topological polar surface area (TPSA) is 78.9 Å². The molecule has 0 radical (unpaired) electrons. The Hall–Kier alpha value is -2.93. The van der Waals surface area contributed by atoms with Gasteiger partial charge in [-0.05, 0) is 48.2 Å². The summed E-state index contributed by atoms with van der Waals surface area (Å²) in [5.41, 5.74) is 1.70. The Kier molecular flexibility index (Phi) is 6.60. The Bertz CT molecular complexity index is 819. The van der Waals surface area contributed by atoms with Crippen molar-refractivity contribution in [2.75, 3.05) is 13.2 Å². The van der Waals surface area contributed by atoms with Gasteiger partial charge in [0.2, 0.25) is 0 Å². The highest BCUT2D eigenvalue weighted by Gasteiger charge is 2.23. The van der Waals surface area contributed by atoms with Crippen LogP contribution in [0.1, 0.15) is 34.3 Å². The van der Waals surface area contributed by atoms with Gasteiger partial charge in [0, 0.05) is 26.2 Å². The molecule has 6 nitrogen and oxygen atoms in total. The molecule has 2 aromatic carbocycles. The lowest BCUT2D eigenvalue weighted by Crippen LogP contribution is -2.43. The lowest BCUT2D eigenvalue weighted by Gasteiger charge is -2.26. The zero-order chi connectivity index (χ0) is 19.9. The number of benzene rings is 2. The summed E-state index contributed by atoms with van der Waals surface area (Å²) in [6.45, 7) is 1.67. The molecule has 1 aliphatic heterocycles. The van der Waals surface area contributed by atoms with Crippen LogP contribution in [0.4, 0.5) is 9.18 Å². The highest BCUT2D eigenvalue weighted by molar-refractivity contribution is 5.87. The maximum Gasteiger partial charge on any atom is 0.335 e. The molecule has 0 bridgehead atoms. The maximum absolute atomic E-state index is 13.5. The number of amides is 2. The zero-order valence-electron chi connectivity index (χ0n) is 15.4. The average Bonchev–Trinajstić information content (AvgIpc) is 3.19. The fraction of sp³-hybridized carbons (Fsp3) is 0.333. The Labute approximate surface area is 162 Å². The molecule has 1 saturated heterocycles. The fourth-order valence-electron chi connectivity index (χ4n) is 3.16. The minimum atomic E-state index is -0.992. The second-order valence-electron chi connectivity index (χ2n) is 6.81. The lowest BCUT2D eigenvalue weighted by atomic mass is 10.1. The minimum absolute atomic E-state index is 0.0193. The van der Waals surface area contributed by atoms with Gasteiger partial charge < -0.3 is 20.1 Å². The van der Waals surface area contributed by atoms with Crippen LogP contribution < -0.4 is 5.32 Å². The summed E-state index contributed by atoms with van der Waals surface area (Å²) in [5, 5.41) is 11.8. The predicted octanol–water partition coefficient (Wildman–Crippen LogP) is 3.41. The highest BCUT2D eigenvalue weighted by atomic mass is 19.1. The molecule has 3 rings (SSSR count). The molecule has 0 aliphatic carbocycles. The number of carboxylic acids is 1. The summed E-state index contributed by atoms with van der Waals surface area (Å²) in [4.78, 5) is 25.3. The first-order chi connectivity index (χ1) is 13.5. The van der Waals surface area contributed by atoms with Crippen molar-refractivity contribution in [1.29, 1.82) is 0 Å². The largest absolute Gasteiger partial charge is 0.478 e. The number of nitrogens with zero attached hydrogens (tertiary/aromatic N) is 1. The summed E-state index contributed by atoms with van der Waals surface area (Å²) in [6.07, 6.45) is 1.84. The summed E-state index contributed by atoms with van der Waals surface area (Å²) >= 11 is 0. The van der Waals surface area contributed by atoms with Crippen molar-refractivity contribution in [3.8, 4) is 0 Å². The van der Waals surface area contributed by atoms with E-state index in [1.807, 2.05) is 0 Å². The SMILES string of the molecule is O=C(O)c1ccc(CNC(=O)N(Cc2cccc(F)c2)CC2CCCO2)cc1. The number of carbonyl (C=O) groups excluding carboxylic acids is 1. The van der Waals surface area contributed by atoms with Crippen LogP contribution in [0.2, 0.25) is 0 Å². The number of hydrogen-bond donors (Lipinski definition) is 2. The average molecular weight is 386 g/mol. The summed E-state index contributed by atoms with van der Waals surface area (Å²) < 4.78 is 19.1. The van der Waals surface area contributed by atoms with E-state index < -0.39 is 5.97 Å². The Morgan fingerprint density at radius 2 is 1.96 bits per heavy atom. The number of rotatable bonds is 7. The van der Waals surface area contributed by atoms with E-state index in [4.69, 9.17) is 9.84 Å². The molecule has 1 unspecified atom stereocenters. The molecular formula is C21H23FN2O4. The highest BCUT2D eigenvalue weighted by Crippen LogP contribution is 2.16. The first kappa shape index (κ1) is 19.8. The third-order valence-electron chi connectivity index (χ3n) is 4.64. The molecule has 0 aromatic heterocycles. The maximum atomic E-state index is 13.5. The summed E-state index contributed by atoms with van der Waals surface area (Å²) in [5.74, 6) is -1.33. The fourth-order valence-corrected chi connectivity index (χ4v) is 3.16. The van der Waals surface area contributed by atoms with Gasteiger partial charge in [-0.1, -0.05) is 24.3 Å². The standard InChI is InChI=1S/C21H23FN2O4/c22-18-4-1-3-16(11-18)13-24(14-19-5-2-10-28-19)21(27)23-12-15-6-8-17(9-7-15)20(25)26/h1,3-4,6-9,11,19H,2,5,10,12-14H2,(H,23,27)(H,25,26). The number of hydrogen-bond acceptors (Lipinski definition) is 3. The number of carbonyl (C=O) groups is 2. The van der Waals surface area contributed by atoms with Crippen molar-refractivity contribution in [2.45, 2.75) is 32.0 Å². The first-order valence-electron chi connectivity index (χ1n) is 9.22. The number of aromatic carboxylic acids is 1. The van der Waals surface area contributed by atoms with Gasteiger partial charge in [0.15, 0.2) is 0 Å². The van der Waals surface area contributed by atoms with Gasteiger partial charge in [-0.2, -0.15) is 0 Å². The van der Waals surface area contributed by atoms with Crippen LogP contribution in [0.5, 0.6) is 0 Å². The predicted molar refractivity (Wildman–Crippen MR) is 101 cm³/mol. The van der Waals surface area contributed by atoms with Gasteiger partial charge in [-0.15, -0.1) is 0 Å². The van der Waals surface area contributed by atoms with E-state index in [2.05, 4.69) is 5.32 Å². The van der Waals surface area contributed by atoms with E-state index >= 15 is 0 Å². The van der Waals surface area contributed by atoms with Crippen molar-refractivity contribution < 1.29 is 23.8 Å². The van der Waals surface area contributed by atoms with Crippen molar-refractivity contribution in [3.05, 3.63) is 71.0 Å². The van der Waals surface area contributed by atoms with Gasteiger partial charge in [0.25, 0.3) is 0 Å². The molecule has 0 saturated carbocycles. The molecule has 148 valence electrons. The smallest absolute Gasteiger partial charge is 0.335 e. The van der Waals surface area contributed by atoms with Gasteiger partial charge >= 0.3 is 12.0 Å². The van der Waals surface area contributed by atoms with Gasteiger partial charge in [0.05, 0.1) is 11.7 Å². The first-order valence-corrected chi connectivity index (χ1v) is 9.22. The molecule has 2 N–H and O–H groups in total. The van der Waals surface area contributed by atoms with Crippen LogP contribution in [0.3, 0.4) is 0 Å². The number of ether oxygens (including phenoxy) is 1. The van der Waals surface area contributed by atoms with Crippen LogP contribution in [-0.2, 0) is 17.8 Å². The van der Waals surface area contributed by atoms with Crippen LogP contribution in [-0.4, -0.2) is 41.3 Å². The van der Waals surface area contributed by atoms with Crippen molar-refractivity contribution in [1.82, 2.24) is 10.2 Å². The zero-order valence-corrected chi connectivity index (χ0v) is 15.4. The molecule has 28 heavy (non-hydrogen) atoms. The van der Waals surface area contributed by atoms with Gasteiger partial charge in [-0.25, -0.2) is 14.0 Å². The molecule has 2 aromatic rings. The molecular weight excluding hydrogens is 363 g/mol. The molecule has 7 heteroatoms. The summed E-state index contributed by atoms with van der Waals surface area (Å²) in [6, 6.07) is 12.3. The van der Waals surface area contributed by atoms with Crippen LogP contribution >= 0.6 is 0 Å². The van der Waals surface area contributed by atoms with E-state index in [-0.39, 0.29) is 36.6 Å². The Morgan fingerprint density at radius 1 is 1.18 bits per heavy atom. The molecule has 1 fully saturated rings. The quantitative estimate of drug-likeness (QED) is 0.764. The second-order valence-corrected chi connectivity index (χ2v) is 6.81. The van der Waals surface area contributed by atoms with Gasteiger partial charge in [0.1, 0.15) is 5.82 Å². The third-order valence-corrected chi connectivity index (χ3v) is 4.64. The number of nitrogens with one attached hydrogen (secondary N) is 1. The van der Waals surface area contributed by atoms with Crippen molar-refractivity contribution in [2.24, 2.45) is 0 Å². The van der Waals surface area contributed by atoms with E-state index in [0.717, 1.165) is 18.4 Å². The molecule has 1 heterocycles. The van der Waals surface area contributed by atoms with Crippen LogP contribution in [0.15, 0.2) is 48.5 Å². The van der Waals surface area contributed by atoms with Crippen molar-refractivity contribution in [3.63, 3.8) is 0 Å². The lowest BCUT2D eigenvalue weighted by molar-refractivity contribution is 0.0697. The Morgan fingerprint density at radius 3 is 2.61 bits per heavy atom. The van der Waals surface area contributed by atoms with E-state index in [0.29, 0.717) is 18.7 Å². The Balaban J connectivity index is 1.63. The molecule has 1 atom stereocenters. The number of halogens is 1. The van der Waals surface area contributed by atoms with E-state index in [1.165, 1.54) is 24.3 Å². The molecule has 2 amide bonds.